The third-order valence-corrected chi connectivity index (χ3v) is 3.39. The van der Waals surface area contributed by atoms with Crippen molar-refractivity contribution in [1.29, 1.82) is 0 Å². The molecule has 0 spiro atoms. The molecule has 0 atom stereocenters. The summed E-state index contributed by atoms with van der Waals surface area (Å²) in [5.41, 5.74) is 0.961. The molecule has 0 fully saturated rings. The van der Waals surface area contributed by atoms with Crippen LogP contribution in [0.4, 0.5) is 14.5 Å². The molecule has 1 heterocycles. The quantitative estimate of drug-likeness (QED) is 0.735. The molecule has 1 amide bonds. The van der Waals surface area contributed by atoms with Crippen molar-refractivity contribution >= 4 is 22.6 Å². The lowest BCUT2D eigenvalue weighted by molar-refractivity contribution is 0.102. The van der Waals surface area contributed by atoms with E-state index in [0.717, 1.165) is 23.1 Å². The Kier molecular flexibility index (Phi) is 3.65. The van der Waals surface area contributed by atoms with Crippen molar-refractivity contribution in [1.82, 2.24) is 0 Å². The van der Waals surface area contributed by atoms with E-state index in [2.05, 4.69) is 5.32 Å². The Morgan fingerprint density at radius 3 is 2.57 bits per heavy atom. The first kappa shape index (κ1) is 14.9. The molecule has 0 bridgehead atoms. The maximum Gasteiger partial charge on any atom is 0.336 e. The van der Waals surface area contributed by atoms with Crippen LogP contribution in [0, 0.1) is 18.6 Å². The van der Waals surface area contributed by atoms with Gasteiger partial charge in [0, 0.05) is 28.8 Å². The number of amides is 1. The normalized spacial score (nSPS) is 10.7. The minimum Gasteiger partial charge on any atom is -0.423 e. The maximum absolute atomic E-state index is 13.2. The van der Waals surface area contributed by atoms with Gasteiger partial charge in [-0.15, -0.1) is 0 Å². The van der Waals surface area contributed by atoms with E-state index in [1.54, 1.807) is 19.1 Å². The van der Waals surface area contributed by atoms with E-state index in [-0.39, 0.29) is 5.56 Å². The molecule has 0 aliphatic rings. The highest BCUT2D eigenvalue weighted by molar-refractivity contribution is 6.05. The Hall–Kier alpha value is -3.02. The van der Waals surface area contributed by atoms with E-state index in [0.29, 0.717) is 11.3 Å². The molecular formula is C17H11F2NO3. The molecule has 4 nitrogen and oxygen atoms in total. The molecule has 0 saturated heterocycles. The lowest BCUT2D eigenvalue weighted by atomic mass is 10.1. The van der Waals surface area contributed by atoms with Crippen molar-refractivity contribution < 1.29 is 18.0 Å². The van der Waals surface area contributed by atoms with Gasteiger partial charge in [0.05, 0.1) is 0 Å². The van der Waals surface area contributed by atoms with Crippen LogP contribution in [0.15, 0.2) is 51.7 Å². The first-order valence-electron chi connectivity index (χ1n) is 6.75. The molecule has 1 N–H and O–H groups in total. The van der Waals surface area contributed by atoms with Gasteiger partial charge < -0.3 is 9.73 Å². The lowest BCUT2D eigenvalue weighted by Gasteiger charge is -2.07. The van der Waals surface area contributed by atoms with Crippen LogP contribution in [0.3, 0.4) is 0 Å². The molecule has 6 heteroatoms. The number of nitrogens with one attached hydrogen (secondary N) is 1. The summed E-state index contributed by atoms with van der Waals surface area (Å²) >= 11 is 0. The van der Waals surface area contributed by atoms with Crippen molar-refractivity contribution in [3.05, 3.63) is 75.6 Å². The van der Waals surface area contributed by atoms with Crippen LogP contribution in [0.1, 0.15) is 15.9 Å². The van der Waals surface area contributed by atoms with Crippen LogP contribution in [-0.2, 0) is 0 Å². The fourth-order valence-electron chi connectivity index (χ4n) is 2.24. The third-order valence-electron chi connectivity index (χ3n) is 3.39. The largest absolute Gasteiger partial charge is 0.423 e. The second-order valence-corrected chi connectivity index (χ2v) is 5.04. The summed E-state index contributed by atoms with van der Waals surface area (Å²) in [6.45, 7) is 1.78. The molecule has 2 aromatic carbocycles. The Morgan fingerprint density at radius 1 is 1.04 bits per heavy atom. The van der Waals surface area contributed by atoms with E-state index >= 15 is 0 Å². The second kappa shape index (κ2) is 5.64. The number of carbonyl (C=O) groups is 1. The smallest absolute Gasteiger partial charge is 0.336 e. The summed E-state index contributed by atoms with van der Waals surface area (Å²) in [5.74, 6) is -2.72. The Labute approximate surface area is 129 Å². The number of benzene rings is 2. The highest BCUT2D eigenvalue weighted by Crippen LogP contribution is 2.21. The van der Waals surface area contributed by atoms with Gasteiger partial charge in [0.15, 0.2) is 11.6 Å². The summed E-state index contributed by atoms with van der Waals surface area (Å²) in [5, 5.41) is 3.29. The average molecular weight is 315 g/mol. The molecule has 3 rings (SSSR count). The minimum absolute atomic E-state index is 0.0188. The topological polar surface area (TPSA) is 59.3 Å². The Bertz CT molecular complexity index is 979. The number of carbonyl (C=O) groups excluding carboxylic acids is 1. The maximum atomic E-state index is 13.2. The van der Waals surface area contributed by atoms with Crippen molar-refractivity contribution in [3.8, 4) is 0 Å². The molecule has 23 heavy (non-hydrogen) atoms. The number of hydrogen-bond donors (Lipinski definition) is 1. The first-order chi connectivity index (χ1) is 10.9. The SMILES string of the molecule is Cc1cc(=O)oc2cc(NC(=O)c3ccc(F)c(F)c3)ccc12. The van der Waals surface area contributed by atoms with Crippen LogP contribution in [0.25, 0.3) is 11.0 Å². The van der Waals surface area contributed by atoms with Crippen LogP contribution < -0.4 is 10.9 Å². The van der Waals surface area contributed by atoms with Gasteiger partial charge in [-0.25, -0.2) is 13.6 Å². The monoisotopic (exact) mass is 315 g/mol. The summed E-state index contributed by atoms with van der Waals surface area (Å²) in [6.07, 6.45) is 0. The number of aryl methyl sites for hydroxylation is 1. The van der Waals surface area contributed by atoms with E-state index in [1.807, 2.05) is 0 Å². The highest BCUT2D eigenvalue weighted by Gasteiger charge is 2.11. The van der Waals surface area contributed by atoms with Crippen molar-refractivity contribution in [2.24, 2.45) is 0 Å². The fraction of sp³-hybridized carbons (Fsp3) is 0.0588. The third kappa shape index (κ3) is 2.96. The molecule has 1 aromatic heterocycles. The summed E-state index contributed by atoms with van der Waals surface area (Å²) in [4.78, 5) is 23.5. The summed E-state index contributed by atoms with van der Waals surface area (Å²) < 4.78 is 31.2. The van der Waals surface area contributed by atoms with Crippen LogP contribution in [0.5, 0.6) is 0 Å². The zero-order chi connectivity index (χ0) is 16.6. The van der Waals surface area contributed by atoms with Gasteiger partial charge in [-0.2, -0.15) is 0 Å². The molecule has 3 aromatic rings. The van der Waals surface area contributed by atoms with Gasteiger partial charge in [-0.05, 0) is 42.8 Å². The number of halogens is 2. The molecule has 0 radical (unpaired) electrons. The van der Waals surface area contributed by atoms with Crippen molar-refractivity contribution in [2.75, 3.05) is 5.32 Å². The number of hydrogen-bond acceptors (Lipinski definition) is 3. The fourth-order valence-corrected chi connectivity index (χ4v) is 2.24. The van der Waals surface area contributed by atoms with E-state index in [9.17, 15) is 18.4 Å². The molecule has 0 saturated carbocycles. The lowest BCUT2D eigenvalue weighted by Crippen LogP contribution is -2.12. The zero-order valence-electron chi connectivity index (χ0n) is 12.0. The predicted octanol–water partition coefficient (Wildman–Crippen LogP) is 3.63. The average Bonchev–Trinajstić information content (AvgIpc) is 2.49. The first-order valence-corrected chi connectivity index (χ1v) is 6.75. The number of anilines is 1. The van der Waals surface area contributed by atoms with Gasteiger partial charge in [-0.3, -0.25) is 4.79 Å². The number of rotatable bonds is 2. The van der Waals surface area contributed by atoms with Crippen molar-refractivity contribution in [2.45, 2.75) is 6.92 Å². The summed E-state index contributed by atoms with van der Waals surface area (Å²) in [7, 11) is 0. The van der Waals surface area contributed by atoms with Gasteiger partial charge in [0.1, 0.15) is 5.58 Å². The molecule has 0 aliphatic carbocycles. The molecule has 116 valence electrons. The zero-order valence-corrected chi connectivity index (χ0v) is 12.0. The standard InChI is InChI=1S/C17H11F2NO3/c1-9-6-16(21)23-15-8-11(3-4-12(9)15)20-17(22)10-2-5-13(18)14(19)7-10/h2-8H,1H3,(H,20,22). The van der Waals surface area contributed by atoms with E-state index in [4.69, 9.17) is 4.42 Å². The second-order valence-electron chi connectivity index (χ2n) is 5.04. The summed E-state index contributed by atoms with van der Waals surface area (Å²) in [6, 6.07) is 9.09. The van der Waals surface area contributed by atoms with Crippen LogP contribution in [-0.4, -0.2) is 5.91 Å². The highest BCUT2D eigenvalue weighted by atomic mass is 19.2. The van der Waals surface area contributed by atoms with E-state index < -0.39 is 23.2 Å². The molecular weight excluding hydrogens is 304 g/mol. The van der Waals surface area contributed by atoms with Crippen LogP contribution in [0.2, 0.25) is 0 Å². The predicted molar refractivity (Wildman–Crippen MR) is 81.5 cm³/mol. The van der Waals surface area contributed by atoms with Crippen LogP contribution >= 0.6 is 0 Å². The number of fused-ring (bicyclic) bond motifs is 1. The van der Waals surface area contributed by atoms with E-state index in [1.165, 1.54) is 18.2 Å². The van der Waals surface area contributed by atoms with Gasteiger partial charge in [0.25, 0.3) is 5.91 Å². The van der Waals surface area contributed by atoms with Crippen molar-refractivity contribution in [3.63, 3.8) is 0 Å². The Balaban J connectivity index is 1.93. The van der Waals surface area contributed by atoms with Gasteiger partial charge >= 0.3 is 5.63 Å². The van der Waals surface area contributed by atoms with Gasteiger partial charge in [-0.1, -0.05) is 0 Å². The molecule has 0 unspecified atom stereocenters. The molecule has 0 aliphatic heterocycles. The minimum atomic E-state index is -1.10. The Morgan fingerprint density at radius 2 is 1.83 bits per heavy atom. The van der Waals surface area contributed by atoms with Gasteiger partial charge in [0.2, 0.25) is 0 Å².